The van der Waals surface area contributed by atoms with E-state index in [1.165, 1.54) is 19.3 Å². The maximum Gasteiger partial charge on any atom is 0.160 e. The predicted octanol–water partition coefficient (Wildman–Crippen LogP) is 2.36. The second-order valence-corrected chi connectivity index (χ2v) is 5.48. The molecule has 4 heteroatoms. The number of benzene rings is 1. The summed E-state index contributed by atoms with van der Waals surface area (Å²) < 4.78 is 5.08. The van der Waals surface area contributed by atoms with Gasteiger partial charge in [0.2, 0.25) is 0 Å². The molecule has 1 aliphatic rings. The first-order chi connectivity index (χ1) is 9.72. The third kappa shape index (κ3) is 4.12. The summed E-state index contributed by atoms with van der Waals surface area (Å²) in [6.07, 6.45) is 3.90. The lowest BCUT2D eigenvalue weighted by molar-refractivity contribution is 0.226. The first kappa shape index (κ1) is 15.1. The van der Waals surface area contributed by atoms with Crippen LogP contribution in [0.25, 0.3) is 0 Å². The van der Waals surface area contributed by atoms with Gasteiger partial charge in [0.05, 0.1) is 7.11 Å². The molecule has 4 nitrogen and oxygen atoms in total. The number of piperidine rings is 1. The molecule has 2 rings (SSSR count). The minimum Gasteiger partial charge on any atom is -0.504 e. The van der Waals surface area contributed by atoms with Crippen LogP contribution >= 0.6 is 0 Å². The third-order valence-electron chi connectivity index (χ3n) is 3.99. The van der Waals surface area contributed by atoms with Crippen LogP contribution in [-0.2, 0) is 6.54 Å². The highest BCUT2D eigenvalue weighted by Crippen LogP contribution is 2.26. The van der Waals surface area contributed by atoms with Crippen molar-refractivity contribution in [2.45, 2.75) is 38.8 Å². The number of nitrogens with one attached hydrogen (secondary N) is 1. The fraction of sp³-hybridized carbons (Fsp3) is 0.625. The first-order valence-corrected chi connectivity index (χ1v) is 7.54. The minimum absolute atomic E-state index is 0.219. The molecule has 1 fully saturated rings. The van der Waals surface area contributed by atoms with E-state index >= 15 is 0 Å². The molecule has 0 amide bonds. The van der Waals surface area contributed by atoms with Gasteiger partial charge in [0.1, 0.15) is 0 Å². The average molecular weight is 278 g/mol. The number of aromatic hydroxyl groups is 1. The Bertz CT molecular complexity index is 417. The molecule has 1 aromatic carbocycles. The Morgan fingerprint density at radius 3 is 2.85 bits per heavy atom. The fourth-order valence-corrected chi connectivity index (χ4v) is 2.79. The topological polar surface area (TPSA) is 44.7 Å². The normalized spacial score (nSPS) is 19.2. The van der Waals surface area contributed by atoms with Gasteiger partial charge in [-0.3, -0.25) is 4.90 Å². The second-order valence-electron chi connectivity index (χ2n) is 5.48. The smallest absolute Gasteiger partial charge is 0.160 e. The van der Waals surface area contributed by atoms with Gasteiger partial charge in [-0.15, -0.1) is 0 Å². The van der Waals surface area contributed by atoms with Gasteiger partial charge in [0, 0.05) is 19.1 Å². The molecular weight excluding hydrogens is 252 g/mol. The van der Waals surface area contributed by atoms with Crippen LogP contribution in [0.3, 0.4) is 0 Å². The van der Waals surface area contributed by atoms with Gasteiger partial charge in [0.15, 0.2) is 11.5 Å². The van der Waals surface area contributed by atoms with Crippen molar-refractivity contribution in [1.29, 1.82) is 0 Å². The molecule has 1 unspecified atom stereocenters. The van der Waals surface area contributed by atoms with E-state index in [1.54, 1.807) is 13.2 Å². The summed E-state index contributed by atoms with van der Waals surface area (Å²) in [6.45, 7) is 6.29. The lowest BCUT2D eigenvalue weighted by Crippen LogP contribution is -2.43. The van der Waals surface area contributed by atoms with E-state index in [-0.39, 0.29) is 5.75 Å². The van der Waals surface area contributed by atoms with Gasteiger partial charge >= 0.3 is 0 Å². The molecule has 0 saturated carbocycles. The molecule has 0 bridgehead atoms. The zero-order valence-corrected chi connectivity index (χ0v) is 12.6. The van der Waals surface area contributed by atoms with Crippen LogP contribution < -0.4 is 10.1 Å². The Morgan fingerprint density at radius 2 is 2.25 bits per heavy atom. The van der Waals surface area contributed by atoms with Crippen molar-refractivity contribution in [3.8, 4) is 11.5 Å². The highest BCUT2D eigenvalue weighted by molar-refractivity contribution is 5.41. The zero-order chi connectivity index (χ0) is 14.4. The van der Waals surface area contributed by atoms with Crippen LogP contribution in [0.1, 0.15) is 31.7 Å². The largest absolute Gasteiger partial charge is 0.504 e. The van der Waals surface area contributed by atoms with Crippen LogP contribution in [-0.4, -0.2) is 42.8 Å². The Hall–Kier alpha value is -1.26. The van der Waals surface area contributed by atoms with E-state index in [1.807, 2.05) is 12.1 Å². The molecule has 1 heterocycles. The average Bonchev–Trinajstić information content (AvgIpc) is 2.48. The van der Waals surface area contributed by atoms with Crippen molar-refractivity contribution in [2.24, 2.45) is 0 Å². The monoisotopic (exact) mass is 278 g/mol. The maximum atomic E-state index is 9.84. The predicted molar refractivity (Wildman–Crippen MR) is 81.3 cm³/mol. The number of methoxy groups -OCH3 is 1. The minimum atomic E-state index is 0.219. The quantitative estimate of drug-likeness (QED) is 0.838. The second kappa shape index (κ2) is 7.50. The number of nitrogens with zero attached hydrogens (tertiary/aromatic N) is 1. The third-order valence-corrected chi connectivity index (χ3v) is 3.99. The number of likely N-dealkylation sites (N-methyl/N-ethyl adjacent to an activating group) is 1. The number of hydrogen-bond donors (Lipinski definition) is 2. The lowest BCUT2D eigenvalue weighted by Gasteiger charge is -2.30. The van der Waals surface area contributed by atoms with Gasteiger partial charge in [-0.25, -0.2) is 0 Å². The summed E-state index contributed by atoms with van der Waals surface area (Å²) in [5.74, 6) is 0.752. The standard InChI is InChI=1S/C16H26N2O2/c1-3-18(12-14-6-4-5-9-17-14)11-13-7-8-16(20-2)15(19)10-13/h7-8,10,14,17,19H,3-6,9,11-12H2,1-2H3. The van der Waals surface area contributed by atoms with E-state index in [0.717, 1.165) is 31.7 Å². The Labute approximate surface area is 121 Å². The SMILES string of the molecule is CCN(Cc1ccc(OC)c(O)c1)CC1CCCCN1. The van der Waals surface area contributed by atoms with E-state index in [0.29, 0.717) is 11.8 Å². The number of phenols is 1. The van der Waals surface area contributed by atoms with Gasteiger partial charge < -0.3 is 15.2 Å². The van der Waals surface area contributed by atoms with Crippen molar-refractivity contribution in [3.05, 3.63) is 23.8 Å². The molecule has 20 heavy (non-hydrogen) atoms. The molecule has 0 aliphatic carbocycles. The highest BCUT2D eigenvalue weighted by Gasteiger charge is 2.16. The van der Waals surface area contributed by atoms with Crippen LogP contribution in [0.2, 0.25) is 0 Å². The molecule has 112 valence electrons. The van der Waals surface area contributed by atoms with E-state index < -0.39 is 0 Å². The van der Waals surface area contributed by atoms with Gasteiger partial charge in [-0.2, -0.15) is 0 Å². The van der Waals surface area contributed by atoms with Crippen molar-refractivity contribution >= 4 is 0 Å². The maximum absolute atomic E-state index is 9.84. The van der Waals surface area contributed by atoms with E-state index in [4.69, 9.17) is 4.74 Å². The molecule has 0 spiro atoms. The number of hydrogen-bond acceptors (Lipinski definition) is 4. The molecule has 1 aliphatic heterocycles. The Balaban J connectivity index is 1.93. The van der Waals surface area contributed by atoms with Crippen LogP contribution in [0.4, 0.5) is 0 Å². The summed E-state index contributed by atoms with van der Waals surface area (Å²) in [6, 6.07) is 6.26. The molecule has 0 aromatic heterocycles. The molecule has 1 aromatic rings. The fourth-order valence-electron chi connectivity index (χ4n) is 2.79. The molecule has 2 N–H and O–H groups in total. The summed E-state index contributed by atoms with van der Waals surface area (Å²) in [5, 5.41) is 13.4. The molecule has 1 atom stereocenters. The zero-order valence-electron chi connectivity index (χ0n) is 12.6. The summed E-state index contributed by atoms with van der Waals surface area (Å²) in [5.41, 5.74) is 1.13. The van der Waals surface area contributed by atoms with Crippen molar-refractivity contribution in [1.82, 2.24) is 10.2 Å². The lowest BCUT2D eigenvalue weighted by atomic mass is 10.0. The number of ether oxygens (including phenoxy) is 1. The summed E-state index contributed by atoms with van der Waals surface area (Å²) in [7, 11) is 1.57. The highest BCUT2D eigenvalue weighted by atomic mass is 16.5. The molecule has 1 saturated heterocycles. The van der Waals surface area contributed by atoms with Gasteiger partial charge in [-0.05, 0) is 43.6 Å². The first-order valence-electron chi connectivity index (χ1n) is 7.54. The van der Waals surface area contributed by atoms with Crippen LogP contribution in [0, 0.1) is 0 Å². The van der Waals surface area contributed by atoms with Crippen molar-refractivity contribution in [2.75, 3.05) is 26.7 Å². The number of phenolic OH excluding ortho intramolecular Hbond substituents is 1. The van der Waals surface area contributed by atoms with Gasteiger partial charge in [-0.1, -0.05) is 19.4 Å². The van der Waals surface area contributed by atoms with E-state index in [2.05, 4.69) is 17.1 Å². The van der Waals surface area contributed by atoms with E-state index in [9.17, 15) is 5.11 Å². The Kier molecular flexibility index (Phi) is 5.68. The van der Waals surface area contributed by atoms with Crippen molar-refractivity contribution < 1.29 is 9.84 Å². The Morgan fingerprint density at radius 1 is 1.40 bits per heavy atom. The number of rotatable bonds is 6. The summed E-state index contributed by atoms with van der Waals surface area (Å²) >= 11 is 0. The van der Waals surface area contributed by atoms with Crippen LogP contribution in [0.5, 0.6) is 11.5 Å². The van der Waals surface area contributed by atoms with Gasteiger partial charge in [0.25, 0.3) is 0 Å². The molecular formula is C16H26N2O2. The van der Waals surface area contributed by atoms with Crippen molar-refractivity contribution in [3.63, 3.8) is 0 Å². The van der Waals surface area contributed by atoms with Crippen LogP contribution in [0.15, 0.2) is 18.2 Å². The summed E-state index contributed by atoms with van der Waals surface area (Å²) in [4.78, 5) is 2.42. The molecule has 0 radical (unpaired) electrons.